The van der Waals surface area contributed by atoms with Crippen LogP contribution in [0.25, 0.3) is 0 Å². The summed E-state index contributed by atoms with van der Waals surface area (Å²) in [5.74, 6) is -0.780. The monoisotopic (exact) mass is 488 g/mol. The zero-order valence-electron chi connectivity index (χ0n) is 23.0. The van der Waals surface area contributed by atoms with E-state index in [1.165, 1.54) is 50.5 Å². The number of rotatable bonds is 22. The third-order valence-electron chi connectivity index (χ3n) is 6.95. The summed E-state index contributed by atoms with van der Waals surface area (Å²) in [4.78, 5) is 26.1. The molecule has 0 N–H and O–H groups in total. The minimum Gasteiger partial charge on any atom is -0.465 e. The summed E-state index contributed by atoms with van der Waals surface area (Å²) in [6, 6.07) is 10.5. The molecular weight excluding hydrogens is 436 g/mol. The highest BCUT2D eigenvalue weighted by Gasteiger charge is 2.47. The van der Waals surface area contributed by atoms with Crippen LogP contribution in [-0.2, 0) is 25.5 Å². The highest BCUT2D eigenvalue weighted by atomic mass is 16.6. The predicted molar refractivity (Wildman–Crippen MR) is 145 cm³/mol. The largest absolute Gasteiger partial charge is 0.465 e. The molecule has 0 radical (unpaired) electrons. The lowest BCUT2D eigenvalue weighted by atomic mass is 9.77. The van der Waals surface area contributed by atoms with Gasteiger partial charge in [0.1, 0.15) is 0 Å². The van der Waals surface area contributed by atoms with E-state index in [1.807, 2.05) is 6.07 Å². The van der Waals surface area contributed by atoms with Crippen LogP contribution < -0.4 is 0 Å². The van der Waals surface area contributed by atoms with E-state index in [-0.39, 0.29) is 13.2 Å². The number of carbonyl (C=O) groups excluding carboxylic acids is 2. The summed E-state index contributed by atoms with van der Waals surface area (Å²) in [6.07, 6.45) is 18.4. The Morgan fingerprint density at radius 2 is 1.03 bits per heavy atom. The number of hydrogen-bond donors (Lipinski definition) is 0. The first-order valence-corrected chi connectivity index (χ1v) is 14.5. The number of ether oxygens (including phenoxy) is 2. The molecule has 4 heteroatoms. The highest BCUT2D eigenvalue weighted by Crippen LogP contribution is 2.35. The normalized spacial score (nSPS) is 11.4. The minimum atomic E-state index is -1.15. The predicted octanol–water partition coefficient (Wildman–Crippen LogP) is 8.60. The molecule has 4 nitrogen and oxygen atoms in total. The Morgan fingerprint density at radius 1 is 0.600 bits per heavy atom. The quantitative estimate of drug-likeness (QED) is 0.0931. The molecule has 0 aliphatic rings. The molecule has 0 spiro atoms. The van der Waals surface area contributed by atoms with Crippen LogP contribution in [0.1, 0.15) is 129 Å². The SMILES string of the molecule is CCCCCCCCCCCCC(CCCCCCc1ccccc1)(C(=O)OCC)C(=O)OCC. The summed E-state index contributed by atoms with van der Waals surface area (Å²) < 4.78 is 10.8. The number of aryl methyl sites for hydroxylation is 1. The van der Waals surface area contributed by atoms with Crippen LogP contribution >= 0.6 is 0 Å². The number of benzene rings is 1. The van der Waals surface area contributed by atoms with Crippen molar-refractivity contribution in [2.75, 3.05) is 13.2 Å². The van der Waals surface area contributed by atoms with Gasteiger partial charge in [-0.15, -0.1) is 0 Å². The van der Waals surface area contributed by atoms with Crippen molar-refractivity contribution in [1.82, 2.24) is 0 Å². The molecule has 0 atom stereocenters. The van der Waals surface area contributed by atoms with Crippen LogP contribution in [0.15, 0.2) is 30.3 Å². The van der Waals surface area contributed by atoms with E-state index in [1.54, 1.807) is 13.8 Å². The van der Waals surface area contributed by atoms with E-state index >= 15 is 0 Å². The third-order valence-corrected chi connectivity index (χ3v) is 6.95. The lowest BCUT2D eigenvalue weighted by Crippen LogP contribution is -2.42. The van der Waals surface area contributed by atoms with Gasteiger partial charge >= 0.3 is 11.9 Å². The van der Waals surface area contributed by atoms with Gasteiger partial charge < -0.3 is 9.47 Å². The number of esters is 2. The van der Waals surface area contributed by atoms with Crippen molar-refractivity contribution >= 4 is 11.9 Å². The van der Waals surface area contributed by atoms with Gasteiger partial charge in [0.15, 0.2) is 5.41 Å². The second kappa shape index (κ2) is 20.4. The van der Waals surface area contributed by atoms with Crippen molar-refractivity contribution in [3.63, 3.8) is 0 Å². The lowest BCUT2D eigenvalue weighted by Gasteiger charge is -2.29. The molecule has 1 aromatic rings. The second-order valence-electron chi connectivity index (χ2n) is 9.85. The molecule has 0 aromatic heterocycles. The van der Waals surface area contributed by atoms with Crippen LogP contribution in [0, 0.1) is 5.41 Å². The van der Waals surface area contributed by atoms with Gasteiger partial charge in [-0.3, -0.25) is 9.59 Å². The lowest BCUT2D eigenvalue weighted by molar-refractivity contribution is -0.173. The van der Waals surface area contributed by atoms with Gasteiger partial charge in [0, 0.05) is 0 Å². The maximum atomic E-state index is 13.1. The van der Waals surface area contributed by atoms with Gasteiger partial charge in [-0.05, 0) is 45.1 Å². The fraction of sp³-hybridized carbons (Fsp3) is 0.742. The molecule has 0 saturated carbocycles. The van der Waals surface area contributed by atoms with Gasteiger partial charge in [0.2, 0.25) is 0 Å². The van der Waals surface area contributed by atoms with Crippen molar-refractivity contribution in [2.45, 2.75) is 130 Å². The summed E-state index contributed by atoms with van der Waals surface area (Å²) in [7, 11) is 0. The smallest absolute Gasteiger partial charge is 0.323 e. The van der Waals surface area contributed by atoms with Crippen LogP contribution in [0.3, 0.4) is 0 Å². The summed E-state index contributed by atoms with van der Waals surface area (Å²) in [6.45, 7) is 6.43. The maximum absolute atomic E-state index is 13.1. The fourth-order valence-corrected chi connectivity index (χ4v) is 4.82. The average molecular weight is 489 g/mol. The Kier molecular flexibility index (Phi) is 18.1. The van der Waals surface area contributed by atoms with Gasteiger partial charge in [0.25, 0.3) is 0 Å². The molecule has 0 aliphatic carbocycles. The van der Waals surface area contributed by atoms with Crippen LogP contribution in [0.2, 0.25) is 0 Å². The molecule has 0 amide bonds. The molecule has 0 saturated heterocycles. The molecule has 0 fully saturated rings. The van der Waals surface area contributed by atoms with Crippen LogP contribution in [0.4, 0.5) is 0 Å². The standard InChI is InChI=1S/C31H52O4/c1-4-7-8-9-10-11-12-13-15-21-26-31(29(32)34-5-2,30(33)35-6-3)27-22-16-14-18-23-28-24-19-17-20-25-28/h17,19-20,24-25H,4-16,18,21-23,26-27H2,1-3H3. The number of hydrogen-bond acceptors (Lipinski definition) is 4. The second-order valence-corrected chi connectivity index (χ2v) is 9.85. The molecular formula is C31H52O4. The molecule has 0 aliphatic heterocycles. The van der Waals surface area contributed by atoms with Gasteiger partial charge in [-0.2, -0.15) is 0 Å². The highest BCUT2D eigenvalue weighted by molar-refractivity contribution is 6.00. The van der Waals surface area contributed by atoms with Gasteiger partial charge in [-0.1, -0.05) is 121 Å². The minimum absolute atomic E-state index is 0.287. The molecule has 0 heterocycles. The topological polar surface area (TPSA) is 52.6 Å². The summed E-state index contributed by atoms with van der Waals surface area (Å²) in [5.41, 5.74) is 0.215. The van der Waals surface area contributed by atoms with E-state index in [4.69, 9.17) is 9.47 Å². The van der Waals surface area contributed by atoms with Crippen LogP contribution in [-0.4, -0.2) is 25.2 Å². The Bertz CT molecular complexity index is 637. The first-order chi connectivity index (χ1) is 17.1. The Labute approximate surface area is 215 Å². The van der Waals surface area contributed by atoms with Gasteiger partial charge in [-0.25, -0.2) is 0 Å². The average Bonchev–Trinajstić information content (AvgIpc) is 2.86. The van der Waals surface area contributed by atoms with E-state index in [2.05, 4.69) is 31.2 Å². The van der Waals surface area contributed by atoms with E-state index in [0.717, 1.165) is 51.4 Å². The van der Waals surface area contributed by atoms with Crippen molar-refractivity contribution in [1.29, 1.82) is 0 Å². The van der Waals surface area contributed by atoms with E-state index in [9.17, 15) is 9.59 Å². The molecule has 1 rings (SSSR count). The van der Waals surface area contributed by atoms with Crippen molar-refractivity contribution in [3.05, 3.63) is 35.9 Å². The van der Waals surface area contributed by atoms with Gasteiger partial charge in [0.05, 0.1) is 13.2 Å². The Balaban J connectivity index is 2.52. The molecule has 0 unspecified atom stereocenters. The fourth-order valence-electron chi connectivity index (χ4n) is 4.82. The Morgan fingerprint density at radius 3 is 1.49 bits per heavy atom. The molecule has 0 bridgehead atoms. The molecule has 200 valence electrons. The summed E-state index contributed by atoms with van der Waals surface area (Å²) >= 11 is 0. The Hall–Kier alpha value is -1.84. The van der Waals surface area contributed by atoms with E-state index < -0.39 is 17.4 Å². The molecule has 1 aromatic carbocycles. The summed E-state index contributed by atoms with van der Waals surface area (Å²) in [5, 5.41) is 0. The van der Waals surface area contributed by atoms with Crippen molar-refractivity contribution < 1.29 is 19.1 Å². The van der Waals surface area contributed by atoms with Crippen molar-refractivity contribution in [3.8, 4) is 0 Å². The van der Waals surface area contributed by atoms with Crippen molar-refractivity contribution in [2.24, 2.45) is 5.41 Å². The molecule has 35 heavy (non-hydrogen) atoms. The third kappa shape index (κ3) is 13.2. The maximum Gasteiger partial charge on any atom is 0.323 e. The zero-order valence-corrected chi connectivity index (χ0v) is 23.0. The first kappa shape index (κ1) is 31.2. The zero-order chi connectivity index (χ0) is 25.6. The number of carbonyl (C=O) groups is 2. The number of unbranched alkanes of at least 4 members (excludes halogenated alkanes) is 12. The van der Waals surface area contributed by atoms with Crippen LogP contribution in [0.5, 0.6) is 0 Å². The van der Waals surface area contributed by atoms with E-state index in [0.29, 0.717) is 12.8 Å². The first-order valence-electron chi connectivity index (χ1n) is 14.5.